The zero-order valence-electron chi connectivity index (χ0n) is 14.2. The molecule has 2 aromatic rings. The monoisotopic (exact) mass is 309 g/mol. The van der Waals surface area contributed by atoms with Crippen molar-refractivity contribution in [2.75, 3.05) is 0 Å². The molecule has 1 saturated heterocycles. The first-order valence-electron chi connectivity index (χ1n) is 8.07. The highest BCUT2D eigenvalue weighted by molar-refractivity contribution is 6.47. The van der Waals surface area contributed by atoms with Crippen LogP contribution in [0.5, 0.6) is 0 Å². The third-order valence-electron chi connectivity index (χ3n) is 4.94. The summed E-state index contributed by atoms with van der Waals surface area (Å²) in [5.41, 5.74) is 9.04. The predicted octanol–water partition coefficient (Wildman–Crippen LogP) is 3.98. The van der Waals surface area contributed by atoms with E-state index in [0.29, 0.717) is 0 Å². The minimum Gasteiger partial charge on any atom is -0.402 e. The van der Waals surface area contributed by atoms with E-state index < -0.39 is 7.12 Å². The maximum Gasteiger partial charge on any atom is 0.480 e. The Balaban J connectivity index is 1.86. The molecule has 1 aliphatic rings. The SMILES string of the molecule is CC1(C)OB([C@@H](N)c2cccc(-c3ccccc3)c2)OC1(C)C. The summed E-state index contributed by atoms with van der Waals surface area (Å²) in [7, 11) is -0.439. The second-order valence-electron chi connectivity index (χ2n) is 7.14. The average Bonchev–Trinajstić information content (AvgIpc) is 2.76. The number of nitrogens with two attached hydrogens (primary N) is 1. The molecule has 0 amide bonds. The maximum atomic E-state index is 6.44. The summed E-state index contributed by atoms with van der Waals surface area (Å²) in [6.45, 7) is 8.17. The average molecular weight is 309 g/mol. The molecule has 3 rings (SSSR count). The summed E-state index contributed by atoms with van der Waals surface area (Å²) in [5.74, 6) is -0.320. The van der Waals surface area contributed by atoms with Crippen LogP contribution in [0.25, 0.3) is 11.1 Å². The predicted molar refractivity (Wildman–Crippen MR) is 94.9 cm³/mol. The summed E-state index contributed by atoms with van der Waals surface area (Å²) in [4.78, 5) is 0. The Labute approximate surface area is 138 Å². The lowest BCUT2D eigenvalue weighted by Gasteiger charge is -2.32. The van der Waals surface area contributed by atoms with Gasteiger partial charge in [0.25, 0.3) is 0 Å². The van der Waals surface area contributed by atoms with Crippen LogP contribution in [0.1, 0.15) is 39.2 Å². The van der Waals surface area contributed by atoms with Gasteiger partial charge in [-0.05, 0) is 44.4 Å². The lowest BCUT2D eigenvalue weighted by atomic mass is 9.74. The van der Waals surface area contributed by atoms with Crippen molar-refractivity contribution < 1.29 is 9.31 Å². The van der Waals surface area contributed by atoms with Crippen LogP contribution in [0.15, 0.2) is 54.6 Å². The Kier molecular flexibility index (Phi) is 4.09. The molecule has 0 bridgehead atoms. The molecule has 2 aromatic carbocycles. The van der Waals surface area contributed by atoms with Gasteiger partial charge in [0.05, 0.1) is 17.1 Å². The zero-order valence-corrected chi connectivity index (χ0v) is 14.2. The first-order valence-corrected chi connectivity index (χ1v) is 8.07. The molecule has 2 N–H and O–H groups in total. The molecule has 3 nitrogen and oxygen atoms in total. The molecule has 4 heteroatoms. The van der Waals surface area contributed by atoms with Crippen molar-refractivity contribution in [2.45, 2.75) is 44.8 Å². The fourth-order valence-corrected chi connectivity index (χ4v) is 2.75. The van der Waals surface area contributed by atoms with Crippen LogP contribution >= 0.6 is 0 Å². The second kappa shape index (κ2) is 5.79. The highest BCUT2D eigenvalue weighted by Crippen LogP contribution is 2.39. The Morgan fingerprint density at radius 1 is 0.826 bits per heavy atom. The van der Waals surface area contributed by atoms with Crippen LogP contribution in [0.4, 0.5) is 0 Å². The Morgan fingerprint density at radius 2 is 1.39 bits per heavy atom. The lowest BCUT2D eigenvalue weighted by Crippen LogP contribution is -2.41. The summed E-state index contributed by atoms with van der Waals surface area (Å²) < 4.78 is 12.2. The van der Waals surface area contributed by atoms with Gasteiger partial charge in [-0.1, -0.05) is 54.6 Å². The lowest BCUT2D eigenvalue weighted by molar-refractivity contribution is 0.00578. The van der Waals surface area contributed by atoms with Gasteiger partial charge in [-0.25, -0.2) is 0 Å². The van der Waals surface area contributed by atoms with Crippen molar-refractivity contribution in [3.8, 4) is 11.1 Å². The molecule has 0 aliphatic carbocycles. The molecule has 0 saturated carbocycles. The van der Waals surface area contributed by atoms with E-state index >= 15 is 0 Å². The van der Waals surface area contributed by atoms with Crippen LogP contribution < -0.4 is 5.73 Å². The minimum absolute atomic E-state index is 0.320. The molecule has 0 radical (unpaired) electrons. The van der Waals surface area contributed by atoms with Crippen LogP contribution in [-0.2, 0) is 9.31 Å². The van der Waals surface area contributed by atoms with E-state index in [1.165, 1.54) is 5.56 Å². The van der Waals surface area contributed by atoms with E-state index in [9.17, 15) is 0 Å². The number of benzene rings is 2. The largest absolute Gasteiger partial charge is 0.480 e. The van der Waals surface area contributed by atoms with Crippen molar-refractivity contribution in [3.63, 3.8) is 0 Å². The van der Waals surface area contributed by atoms with Crippen molar-refractivity contribution in [1.29, 1.82) is 0 Å². The Bertz CT molecular complexity index is 669. The van der Waals surface area contributed by atoms with Crippen LogP contribution in [0.2, 0.25) is 0 Å². The van der Waals surface area contributed by atoms with E-state index in [0.717, 1.165) is 11.1 Å². The molecule has 1 atom stereocenters. The van der Waals surface area contributed by atoms with Crippen LogP contribution in [-0.4, -0.2) is 18.3 Å². The third-order valence-corrected chi connectivity index (χ3v) is 4.94. The van der Waals surface area contributed by atoms with Crippen molar-refractivity contribution in [3.05, 3.63) is 60.2 Å². The van der Waals surface area contributed by atoms with E-state index in [1.54, 1.807) is 0 Å². The molecular weight excluding hydrogens is 285 g/mol. The molecule has 23 heavy (non-hydrogen) atoms. The molecule has 0 aromatic heterocycles. The molecule has 120 valence electrons. The van der Waals surface area contributed by atoms with Gasteiger partial charge in [0.15, 0.2) is 0 Å². The van der Waals surface area contributed by atoms with Gasteiger partial charge in [0.1, 0.15) is 0 Å². The summed E-state index contributed by atoms with van der Waals surface area (Å²) in [6.07, 6.45) is 0. The van der Waals surface area contributed by atoms with Gasteiger partial charge < -0.3 is 15.0 Å². The Morgan fingerprint density at radius 3 is 2.00 bits per heavy atom. The first kappa shape index (κ1) is 16.3. The van der Waals surface area contributed by atoms with E-state index in [2.05, 4.69) is 24.3 Å². The third kappa shape index (κ3) is 3.07. The fourth-order valence-electron chi connectivity index (χ4n) is 2.75. The van der Waals surface area contributed by atoms with E-state index in [-0.39, 0.29) is 17.1 Å². The highest BCUT2D eigenvalue weighted by atomic mass is 16.7. The zero-order chi connectivity index (χ0) is 16.7. The normalized spacial score (nSPS) is 20.5. The Hall–Kier alpha value is -1.62. The maximum absolute atomic E-state index is 6.44. The van der Waals surface area contributed by atoms with Gasteiger partial charge in [0, 0.05) is 0 Å². The quantitative estimate of drug-likeness (QED) is 0.872. The van der Waals surface area contributed by atoms with Crippen molar-refractivity contribution >= 4 is 7.12 Å². The minimum atomic E-state index is -0.439. The number of rotatable bonds is 3. The second-order valence-corrected chi connectivity index (χ2v) is 7.14. The smallest absolute Gasteiger partial charge is 0.402 e. The highest BCUT2D eigenvalue weighted by Gasteiger charge is 2.53. The molecule has 0 unspecified atom stereocenters. The summed E-state index contributed by atoms with van der Waals surface area (Å²) in [6, 6.07) is 18.6. The van der Waals surface area contributed by atoms with Gasteiger partial charge >= 0.3 is 7.12 Å². The standard InChI is InChI=1S/C19H24BNO2/c1-18(2)19(3,4)23-20(22-18)17(21)16-12-8-11-15(13-16)14-9-6-5-7-10-14/h5-13,17H,21H2,1-4H3/t17-/m0/s1. The summed E-state index contributed by atoms with van der Waals surface area (Å²) in [5, 5.41) is 0. The first-order chi connectivity index (χ1) is 10.8. The fraction of sp³-hybridized carbons (Fsp3) is 0.368. The van der Waals surface area contributed by atoms with E-state index in [1.807, 2.05) is 58.0 Å². The van der Waals surface area contributed by atoms with E-state index in [4.69, 9.17) is 15.0 Å². The van der Waals surface area contributed by atoms with Crippen molar-refractivity contribution in [1.82, 2.24) is 0 Å². The summed E-state index contributed by atoms with van der Waals surface area (Å²) >= 11 is 0. The topological polar surface area (TPSA) is 44.5 Å². The van der Waals surface area contributed by atoms with Crippen LogP contribution in [0, 0.1) is 0 Å². The van der Waals surface area contributed by atoms with Gasteiger partial charge in [-0.2, -0.15) is 0 Å². The number of hydrogen-bond acceptors (Lipinski definition) is 3. The molecule has 1 heterocycles. The molecule has 1 fully saturated rings. The number of hydrogen-bond donors (Lipinski definition) is 1. The van der Waals surface area contributed by atoms with Gasteiger partial charge in [0.2, 0.25) is 0 Å². The van der Waals surface area contributed by atoms with Gasteiger partial charge in [-0.15, -0.1) is 0 Å². The molecular formula is C19H24BNO2. The van der Waals surface area contributed by atoms with Crippen LogP contribution in [0.3, 0.4) is 0 Å². The molecule has 0 spiro atoms. The molecule has 1 aliphatic heterocycles. The van der Waals surface area contributed by atoms with Gasteiger partial charge in [-0.3, -0.25) is 0 Å². The van der Waals surface area contributed by atoms with Crippen molar-refractivity contribution in [2.24, 2.45) is 5.73 Å².